The van der Waals surface area contributed by atoms with Crippen molar-refractivity contribution in [3.05, 3.63) is 47.5 Å². The molecule has 94 valence electrons. The molecule has 0 bridgehead atoms. The molecule has 1 amide bonds. The molecule has 1 aliphatic heterocycles. The lowest BCUT2D eigenvalue weighted by molar-refractivity contribution is -0.138. The molecule has 0 saturated heterocycles. The highest BCUT2D eigenvalue weighted by molar-refractivity contribution is 5.99. The minimum absolute atomic E-state index is 0.0592. The topological polar surface area (TPSA) is 46.6 Å². The molecule has 0 atom stereocenters. The van der Waals surface area contributed by atoms with Crippen LogP contribution in [-0.4, -0.2) is 29.9 Å². The second kappa shape index (κ2) is 5.04. The minimum Gasteiger partial charge on any atom is -0.463 e. The van der Waals surface area contributed by atoms with Gasteiger partial charge in [-0.2, -0.15) is 0 Å². The Morgan fingerprint density at radius 2 is 2.17 bits per heavy atom. The number of hydrogen-bond donors (Lipinski definition) is 0. The second-order valence-electron chi connectivity index (χ2n) is 4.14. The van der Waals surface area contributed by atoms with Crippen LogP contribution in [0.15, 0.2) is 36.4 Å². The van der Waals surface area contributed by atoms with E-state index in [1.165, 1.54) is 0 Å². The number of nitrogens with zero attached hydrogens (tertiary/aromatic N) is 1. The molecule has 0 fully saturated rings. The van der Waals surface area contributed by atoms with Crippen molar-refractivity contribution in [1.82, 2.24) is 4.90 Å². The van der Waals surface area contributed by atoms with E-state index in [0.717, 1.165) is 5.56 Å². The highest BCUT2D eigenvalue weighted by Gasteiger charge is 2.28. The summed E-state index contributed by atoms with van der Waals surface area (Å²) in [5, 5.41) is 0. The van der Waals surface area contributed by atoms with E-state index in [1.54, 1.807) is 17.9 Å². The van der Waals surface area contributed by atoms with Crippen molar-refractivity contribution in [3.8, 4) is 0 Å². The van der Waals surface area contributed by atoms with Gasteiger partial charge in [0.15, 0.2) is 0 Å². The van der Waals surface area contributed by atoms with Crippen molar-refractivity contribution < 1.29 is 14.3 Å². The van der Waals surface area contributed by atoms with Crippen LogP contribution >= 0.6 is 0 Å². The lowest BCUT2D eigenvalue weighted by Gasteiger charge is -2.16. The van der Waals surface area contributed by atoms with Gasteiger partial charge in [0.25, 0.3) is 5.91 Å². The van der Waals surface area contributed by atoms with Gasteiger partial charge in [0.05, 0.1) is 13.2 Å². The standard InChI is InChI=1S/C14H15NO3/c1-3-18-14(17)10(2)8-15-9-11-6-4-5-7-12(11)13(15)16/h4-7H,2-3,8-9H2,1H3. The molecule has 0 spiro atoms. The van der Waals surface area contributed by atoms with Gasteiger partial charge in [-0.3, -0.25) is 4.79 Å². The van der Waals surface area contributed by atoms with Crippen LogP contribution in [0.5, 0.6) is 0 Å². The Balaban J connectivity index is 2.04. The van der Waals surface area contributed by atoms with E-state index < -0.39 is 5.97 Å². The highest BCUT2D eigenvalue weighted by atomic mass is 16.5. The molecule has 0 saturated carbocycles. The van der Waals surface area contributed by atoms with Gasteiger partial charge in [0, 0.05) is 17.7 Å². The van der Waals surface area contributed by atoms with Crippen molar-refractivity contribution in [2.75, 3.05) is 13.2 Å². The monoisotopic (exact) mass is 245 g/mol. The van der Waals surface area contributed by atoms with Crippen molar-refractivity contribution in [1.29, 1.82) is 0 Å². The van der Waals surface area contributed by atoms with E-state index >= 15 is 0 Å². The average Bonchev–Trinajstić information content (AvgIpc) is 2.67. The minimum atomic E-state index is -0.443. The first-order valence-electron chi connectivity index (χ1n) is 5.85. The summed E-state index contributed by atoms with van der Waals surface area (Å²) in [5.74, 6) is -0.502. The van der Waals surface area contributed by atoms with Crippen LogP contribution in [0.4, 0.5) is 0 Å². The Labute approximate surface area is 106 Å². The molecule has 0 unspecified atom stereocenters. The number of esters is 1. The number of rotatable bonds is 4. The molecule has 1 heterocycles. The SMILES string of the molecule is C=C(CN1Cc2ccccc2C1=O)C(=O)OCC. The maximum Gasteiger partial charge on any atom is 0.335 e. The van der Waals surface area contributed by atoms with E-state index in [-0.39, 0.29) is 12.5 Å². The average molecular weight is 245 g/mol. The Bertz CT molecular complexity index is 508. The van der Waals surface area contributed by atoms with E-state index in [9.17, 15) is 9.59 Å². The molecular weight excluding hydrogens is 230 g/mol. The third kappa shape index (κ3) is 2.27. The summed E-state index contributed by atoms with van der Waals surface area (Å²) in [7, 11) is 0. The molecule has 1 aromatic rings. The van der Waals surface area contributed by atoms with E-state index in [1.807, 2.05) is 18.2 Å². The maximum atomic E-state index is 12.0. The number of amides is 1. The van der Waals surface area contributed by atoms with Gasteiger partial charge in [0.1, 0.15) is 0 Å². The fourth-order valence-corrected chi connectivity index (χ4v) is 1.97. The largest absolute Gasteiger partial charge is 0.463 e. The fourth-order valence-electron chi connectivity index (χ4n) is 1.97. The first kappa shape index (κ1) is 12.4. The Hall–Kier alpha value is -2.10. The molecule has 4 nitrogen and oxygen atoms in total. The molecule has 1 aromatic carbocycles. The molecule has 0 radical (unpaired) electrons. The van der Waals surface area contributed by atoms with Crippen LogP contribution < -0.4 is 0 Å². The van der Waals surface area contributed by atoms with Gasteiger partial charge >= 0.3 is 5.97 Å². The third-order valence-electron chi connectivity index (χ3n) is 2.84. The van der Waals surface area contributed by atoms with Crippen molar-refractivity contribution >= 4 is 11.9 Å². The zero-order valence-electron chi connectivity index (χ0n) is 10.3. The molecule has 1 aliphatic rings. The summed E-state index contributed by atoms with van der Waals surface area (Å²) in [6.45, 7) is 6.45. The van der Waals surface area contributed by atoms with Crippen molar-refractivity contribution in [2.24, 2.45) is 0 Å². The predicted octanol–water partition coefficient (Wildman–Crippen LogP) is 1.76. The van der Waals surface area contributed by atoms with Crippen LogP contribution in [0.2, 0.25) is 0 Å². The van der Waals surface area contributed by atoms with Gasteiger partial charge in [0.2, 0.25) is 0 Å². The van der Waals surface area contributed by atoms with Crippen molar-refractivity contribution in [3.63, 3.8) is 0 Å². The number of hydrogen-bond acceptors (Lipinski definition) is 3. The Morgan fingerprint density at radius 3 is 2.83 bits per heavy atom. The summed E-state index contributed by atoms with van der Waals surface area (Å²) < 4.78 is 4.85. The number of carbonyl (C=O) groups excluding carboxylic acids is 2. The smallest absolute Gasteiger partial charge is 0.335 e. The maximum absolute atomic E-state index is 12.0. The van der Waals surface area contributed by atoms with E-state index in [4.69, 9.17) is 4.74 Å². The first-order chi connectivity index (χ1) is 8.63. The molecule has 18 heavy (non-hydrogen) atoms. The molecule has 0 aliphatic carbocycles. The second-order valence-corrected chi connectivity index (χ2v) is 4.14. The van der Waals surface area contributed by atoms with Gasteiger partial charge in [-0.15, -0.1) is 0 Å². The Kier molecular flexibility index (Phi) is 3.46. The number of ether oxygens (including phenoxy) is 1. The summed E-state index contributed by atoms with van der Waals surface area (Å²) in [5.41, 5.74) is 1.99. The lowest BCUT2D eigenvalue weighted by atomic mass is 10.1. The van der Waals surface area contributed by atoms with Gasteiger partial charge < -0.3 is 9.64 Å². The summed E-state index contributed by atoms with van der Waals surface area (Å²) in [6, 6.07) is 7.45. The van der Waals surface area contributed by atoms with Crippen LogP contribution in [0.3, 0.4) is 0 Å². The summed E-state index contributed by atoms with van der Waals surface area (Å²) in [4.78, 5) is 25.1. The molecule has 2 rings (SSSR count). The number of carbonyl (C=O) groups is 2. The van der Waals surface area contributed by atoms with Crippen LogP contribution in [0.25, 0.3) is 0 Å². The fraction of sp³-hybridized carbons (Fsp3) is 0.286. The quantitative estimate of drug-likeness (QED) is 0.600. The lowest BCUT2D eigenvalue weighted by Crippen LogP contribution is -2.28. The first-order valence-corrected chi connectivity index (χ1v) is 5.85. The zero-order chi connectivity index (χ0) is 13.1. The summed E-state index contributed by atoms with van der Waals surface area (Å²) in [6.07, 6.45) is 0. The number of benzene rings is 1. The summed E-state index contributed by atoms with van der Waals surface area (Å²) >= 11 is 0. The van der Waals surface area contributed by atoms with Crippen LogP contribution in [0, 0.1) is 0 Å². The Morgan fingerprint density at radius 1 is 1.44 bits per heavy atom. The third-order valence-corrected chi connectivity index (χ3v) is 2.84. The molecule has 0 aromatic heterocycles. The van der Waals surface area contributed by atoms with Gasteiger partial charge in [-0.1, -0.05) is 24.8 Å². The van der Waals surface area contributed by atoms with Crippen LogP contribution in [-0.2, 0) is 16.1 Å². The molecule has 4 heteroatoms. The highest BCUT2D eigenvalue weighted by Crippen LogP contribution is 2.22. The predicted molar refractivity (Wildman–Crippen MR) is 67.0 cm³/mol. The number of fused-ring (bicyclic) bond motifs is 1. The molecular formula is C14H15NO3. The molecule has 0 N–H and O–H groups in total. The van der Waals surface area contributed by atoms with E-state index in [0.29, 0.717) is 24.3 Å². The van der Waals surface area contributed by atoms with Crippen LogP contribution in [0.1, 0.15) is 22.8 Å². The normalized spacial score (nSPS) is 13.4. The van der Waals surface area contributed by atoms with E-state index in [2.05, 4.69) is 6.58 Å². The van der Waals surface area contributed by atoms with Gasteiger partial charge in [-0.25, -0.2) is 4.79 Å². The van der Waals surface area contributed by atoms with Crippen molar-refractivity contribution in [2.45, 2.75) is 13.5 Å². The van der Waals surface area contributed by atoms with Gasteiger partial charge in [-0.05, 0) is 18.6 Å². The zero-order valence-corrected chi connectivity index (χ0v) is 10.3.